The van der Waals surface area contributed by atoms with Crippen molar-refractivity contribution in [3.05, 3.63) is 12.2 Å². The topological polar surface area (TPSA) is 124 Å². The van der Waals surface area contributed by atoms with Crippen LogP contribution in [-0.4, -0.2) is 56.3 Å². The van der Waals surface area contributed by atoms with Gasteiger partial charge in [-0.15, -0.1) is 0 Å². The summed E-state index contributed by atoms with van der Waals surface area (Å²) in [4.78, 5) is 22.0. The third-order valence-corrected chi connectivity index (χ3v) is 2.81. The van der Waals surface area contributed by atoms with Crippen LogP contribution in [0.5, 0.6) is 0 Å². The maximum absolute atomic E-state index is 11.2. The van der Waals surface area contributed by atoms with E-state index in [0.29, 0.717) is 0 Å². The van der Waals surface area contributed by atoms with Crippen molar-refractivity contribution in [3.8, 4) is 0 Å². The molecule has 4 N–H and O–H groups in total. The Balaban J connectivity index is 2.75. The number of carboxylic acids is 1. The van der Waals surface area contributed by atoms with Crippen LogP contribution >= 0.6 is 0 Å². The van der Waals surface area contributed by atoms with Crippen molar-refractivity contribution < 1.29 is 34.8 Å². The SMILES string of the molecule is C/C=C/C(=O)OC1[C@H](O)CC(O)(C(=O)O)C[C@H]1O. The molecule has 0 amide bonds. The first kappa shape index (κ1) is 14.6. The molecule has 1 aliphatic rings. The molecule has 0 bridgehead atoms. The number of hydrogen-bond acceptors (Lipinski definition) is 6. The summed E-state index contributed by atoms with van der Waals surface area (Å²) in [5, 5.41) is 37.8. The van der Waals surface area contributed by atoms with E-state index in [2.05, 4.69) is 0 Å². The van der Waals surface area contributed by atoms with E-state index in [0.717, 1.165) is 6.08 Å². The second kappa shape index (κ2) is 5.47. The zero-order valence-electron chi connectivity index (χ0n) is 9.81. The zero-order chi connectivity index (χ0) is 13.9. The Hall–Kier alpha value is -1.44. The molecule has 1 aliphatic carbocycles. The van der Waals surface area contributed by atoms with Crippen molar-refractivity contribution in [1.29, 1.82) is 0 Å². The summed E-state index contributed by atoms with van der Waals surface area (Å²) in [5.74, 6) is -2.28. The van der Waals surface area contributed by atoms with Gasteiger partial charge in [-0.05, 0) is 6.92 Å². The van der Waals surface area contributed by atoms with E-state index in [1.54, 1.807) is 6.92 Å². The molecule has 0 aliphatic heterocycles. The minimum absolute atomic E-state index is 0.507. The van der Waals surface area contributed by atoms with Gasteiger partial charge in [0, 0.05) is 18.9 Å². The van der Waals surface area contributed by atoms with E-state index >= 15 is 0 Å². The highest BCUT2D eigenvalue weighted by Crippen LogP contribution is 2.31. The monoisotopic (exact) mass is 260 g/mol. The zero-order valence-corrected chi connectivity index (χ0v) is 9.81. The second-order valence-electron chi connectivity index (χ2n) is 4.28. The lowest BCUT2D eigenvalue weighted by Gasteiger charge is -2.39. The molecule has 7 nitrogen and oxygen atoms in total. The first-order valence-electron chi connectivity index (χ1n) is 5.45. The molecule has 0 spiro atoms. The number of aliphatic hydroxyl groups excluding tert-OH is 2. The van der Waals surface area contributed by atoms with Crippen molar-refractivity contribution in [3.63, 3.8) is 0 Å². The molecule has 102 valence electrons. The molecular formula is C11H16O7. The standard InChI is InChI=1S/C11H16O7/c1-2-3-8(14)18-9-6(12)4-11(17,10(15)16)5-7(9)13/h2-3,6-7,9,12-13,17H,4-5H2,1H3,(H,15,16)/b3-2+/t6-,7-,9?,11?/m1/s1. The second-order valence-corrected chi connectivity index (χ2v) is 4.28. The molecule has 7 heteroatoms. The van der Waals surface area contributed by atoms with E-state index < -0.39 is 48.7 Å². The van der Waals surface area contributed by atoms with Crippen LogP contribution in [0.25, 0.3) is 0 Å². The van der Waals surface area contributed by atoms with Gasteiger partial charge in [0.25, 0.3) is 0 Å². The average molecular weight is 260 g/mol. The summed E-state index contributed by atoms with van der Waals surface area (Å²) in [7, 11) is 0. The molecule has 0 aromatic heterocycles. The average Bonchev–Trinajstić information content (AvgIpc) is 2.23. The van der Waals surface area contributed by atoms with E-state index in [1.165, 1.54) is 6.08 Å². The summed E-state index contributed by atoms with van der Waals surface area (Å²) in [5.41, 5.74) is -2.21. The highest BCUT2D eigenvalue weighted by Gasteiger charge is 2.50. The maximum Gasteiger partial charge on any atom is 0.335 e. The lowest BCUT2D eigenvalue weighted by atomic mass is 9.79. The molecule has 0 saturated heterocycles. The summed E-state index contributed by atoms with van der Waals surface area (Å²) >= 11 is 0. The van der Waals surface area contributed by atoms with Gasteiger partial charge < -0.3 is 25.2 Å². The third-order valence-electron chi connectivity index (χ3n) is 2.81. The Morgan fingerprint density at radius 1 is 1.28 bits per heavy atom. The first-order valence-corrected chi connectivity index (χ1v) is 5.45. The van der Waals surface area contributed by atoms with Crippen LogP contribution < -0.4 is 0 Å². The molecule has 18 heavy (non-hydrogen) atoms. The third kappa shape index (κ3) is 3.06. The molecule has 0 aromatic rings. The molecule has 1 rings (SSSR count). The number of rotatable bonds is 3. The largest absolute Gasteiger partial charge is 0.479 e. The van der Waals surface area contributed by atoms with Gasteiger partial charge in [0.2, 0.25) is 0 Å². The van der Waals surface area contributed by atoms with Gasteiger partial charge >= 0.3 is 11.9 Å². The Bertz CT molecular complexity index is 350. The smallest absolute Gasteiger partial charge is 0.335 e. The van der Waals surface area contributed by atoms with Crippen LogP contribution in [0.3, 0.4) is 0 Å². The summed E-state index contributed by atoms with van der Waals surface area (Å²) in [6.45, 7) is 1.60. The van der Waals surface area contributed by atoms with Gasteiger partial charge in [0.1, 0.15) is 0 Å². The van der Waals surface area contributed by atoms with Gasteiger partial charge in [-0.2, -0.15) is 0 Å². The number of aliphatic carboxylic acids is 1. The van der Waals surface area contributed by atoms with Crippen molar-refractivity contribution in [2.45, 2.75) is 43.7 Å². The van der Waals surface area contributed by atoms with Crippen molar-refractivity contribution in [2.24, 2.45) is 0 Å². The van der Waals surface area contributed by atoms with Crippen molar-refractivity contribution in [1.82, 2.24) is 0 Å². The van der Waals surface area contributed by atoms with Crippen LogP contribution in [0.2, 0.25) is 0 Å². The van der Waals surface area contributed by atoms with Crippen LogP contribution in [0.1, 0.15) is 19.8 Å². The van der Waals surface area contributed by atoms with Crippen LogP contribution in [0.4, 0.5) is 0 Å². The molecule has 0 radical (unpaired) electrons. The van der Waals surface area contributed by atoms with Crippen LogP contribution in [0, 0.1) is 0 Å². The molecule has 0 aromatic carbocycles. The number of ether oxygens (including phenoxy) is 1. The number of carboxylic acid groups (broad SMARTS) is 1. The van der Waals surface area contributed by atoms with E-state index in [1.807, 2.05) is 0 Å². The quantitative estimate of drug-likeness (QED) is 0.371. The molecule has 0 heterocycles. The Kier molecular flexibility index (Phi) is 4.44. The molecule has 1 saturated carbocycles. The van der Waals surface area contributed by atoms with Crippen LogP contribution in [0.15, 0.2) is 12.2 Å². The summed E-state index contributed by atoms with van der Waals surface area (Å²) < 4.78 is 4.80. The lowest BCUT2D eigenvalue weighted by Crippen LogP contribution is -2.57. The van der Waals surface area contributed by atoms with Gasteiger partial charge in [0.05, 0.1) is 12.2 Å². The highest BCUT2D eigenvalue weighted by atomic mass is 16.6. The highest BCUT2D eigenvalue weighted by molar-refractivity contribution is 5.82. The minimum atomic E-state index is -2.21. The number of esters is 1. The number of hydrogen-bond donors (Lipinski definition) is 4. The predicted molar refractivity (Wildman–Crippen MR) is 58.5 cm³/mol. The number of carbonyl (C=O) groups excluding carboxylic acids is 1. The normalized spacial score (nSPS) is 36.6. The van der Waals surface area contributed by atoms with Gasteiger partial charge in [-0.1, -0.05) is 6.08 Å². The number of allylic oxidation sites excluding steroid dienone is 1. The van der Waals surface area contributed by atoms with Gasteiger partial charge in [-0.25, -0.2) is 9.59 Å². The molecule has 1 fully saturated rings. The van der Waals surface area contributed by atoms with E-state index in [4.69, 9.17) is 9.84 Å². The van der Waals surface area contributed by atoms with Crippen molar-refractivity contribution >= 4 is 11.9 Å². The van der Waals surface area contributed by atoms with E-state index in [9.17, 15) is 24.9 Å². The molecule has 2 atom stereocenters. The van der Waals surface area contributed by atoms with Crippen LogP contribution in [-0.2, 0) is 14.3 Å². The lowest BCUT2D eigenvalue weighted by molar-refractivity contribution is -0.196. The first-order chi connectivity index (χ1) is 8.30. The fourth-order valence-electron chi connectivity index (χ4n) is 1.91. The fourth-order valence-corrected chi connectivity index (χ4v) is 1.91. The Morgan fingerprint density at radius 2 is 1.78 bits per heavy atom. The van der Waals surface area contributed by atoms with Gasteiger partial charge in [-0.3, -0.25) is 0 Å². The van der Waals surface area contributed by atoms with Gasteiger partial charge in [0.15, 0.2) is 11.7 Å². The summed E-state index contributed by atoms with van der Waals surface area (Å²) in [6, 6.07) is 0. The Labute approximate surface area is 103 Å². The number of aliphatic hydroxyl groups is 3. The predicted octanol–water partition coefficient (Wildman–Crippen LogP) is -1.19. The fraction of sp³-hybridized carbons (Fsp3) is 0.636. The minimum Gasteiger partial charge on any atom is -0.479 e. The Morgan fingerprint density at radius 3 is 2.17 bits per heavy atom. The van der Waals surface area contributed by atoms with Crippen molar-refractivity contribution in [2.75, 3.05) is 0 Å². The van der Waals surface area contributed by atoms with E-state index in [-0.39, 0.29) is 0 Å². The molecular weight excluding hydrogens is 244 g/mol. The maximum atomic E-state index is 11.2. The number of carbonyl (C=O) groups is 2. The molecule has 0 unspecified atom stereocenters. The summed E-state index contributed by atoms with van der Waals surface area (Å²) in [6.07, 6.45) is -2.60.